The molecular weight excluding hydrogens is 1090 g/mol. The van der Waals surface area contributed by atoms with Crippen LogP contribution in [0.5, 0.6) is 5.75 Å². The maximum absolute atomic E-state index is 12.7. The number of aromatic nitrogens is 5. The molecule has 2 fully saturated rings. The number of anilines is 1. The summed E-state index contributed by atoms with van der Waals surface area (Å²) in [4.78, 5) is 70.4. The molecule has 0 bridgehead atoms. The highest BCUT2D eigenvalue weighted by Gasteiger charge is 2.24. The molecule has 10 aromatic rings. The first-order chi connectivity index (χ1) is 42.6. The number of aldehydes is 1. The van der Waals surface area contributed by atoms with Crippen molar-refractivity contribution in [3.63, 3.8) is 0 Å². The third-order valence-electron chi connectivity index (χ3n) is 15.2. The number of aromatic hydroxyl groups is 1. The molecule has 12 rings (SSSR count). The SMILES string of the molecule is CC.CN.N#Cc1nccc(NC2CCN(Cc3ccc(-c4nc5ccoc(=O)c5cc4-c4ccccc4)cc3)CC2)n1.N=c1c2cc(-c3ccccc3)c(-c3ccc(CN4CCC(NC(=O)c5ccc(O)c(C=O)c5)CC4)cc3)nc2ccn1C=O. The Bertz CT molecular complexity index is 4160. The molecule has 18 nitrogen and oxygen atoms in total. The van der Waals surface area contributed by atoms with Crippen molar-refractivity contribution in [3.8, 4) is 56.6 Å². The normalized spacial score (nSPS) is 13.6. The predicted molar refractivity (Wildman–Crippen MR) is 339 cm³/mol. The van der Waals surface area contributed by atoms with Crippen molar-refractivity contribution >= 4 is 46.2 Å². The topological polar surface area (TPSA) is 262 Å². The van der Waals surface area contributed by atoms with Crippen molar-refractivity contribution in [2.75, 3.05) is 38.5 Å². The third-order valence-corrected chi connectivity index (χ3v) is 15.2. The highest BCUT2D eigenvalue weighted by atomic mass is 16.4. The fourth-order valence-corrected chi connectivity index (χ4v) is 10.7. The number of nitriles is 1. The second-order valence-electron chi connectivity index (χ2n) is 20.6. The predicted octanol–water partition coefficient (Wildman–Crippen LogP) is 10.7. The summed E-state index contributed by atoms with van der Waals surface area (Å²) >= 11 is 0. The number of phenolic OH excluding ortho intramolecular Hbond substituents is 1. The number of phenols is 1. The zero-order chi connectivity index (χ0) is 61.2. The van der Waals surface area contributed by atoms with Gasteiger partial charge in [0.05, 0.1) is 39.6 Å². The fraction of sp³-hybridized carbons (Fsp3) is 0.217. The number of nitrogens with one attached hydrogen (secondary N) is 3. The van der Waals surface area contributed by atoms with Gasteiger partial charge in [0.25, 0.3) is 5.91 Å². The summed E-state index contributed by atoms with van der Waals surface area (Å²) in [7, 11) is 1.50. The van der Waals surface area contributed by atoms with Crippen LogP contribution >= 0.6 is 0 Å². The monoisotopic (exact) mass is 1160 g/mol. The van der Waals surface area contributed by atoms with Gasteiger partial charge in [0, 0.05) is 96.9 Å². The molecule has 2 aliphatic rings. The first-order valence-corrected chi connectivity index (χ1v) is 29.0. The number of nitrogens with zero attached hydrogens (tertiary/aromatic N) is 8. The van der Waals surface area contributed by atoms with Crippen molar-refractivity contribution in [3.05, 3.63) is 220 Å². The van der Waals surface area contributed by atoms with Crippen LogP contribution < -0.4 is 27.5 Å². The summed E-state index contributed by atoms with van der Waals surface area (Å²) in [6.07, 6.45) is 9.35. The van der Waals surface area contributed by atoms with Gasteiger partial charge in [0.2, 0.25) is 12.2 Å². The van der Waals surface area contributed by atoms with Gasteiger partial charge >= 0.3 is 5.63 Å². The van der Waals surface area contributed by atoms with Crippen molar-refractivity contribution in [1.29, 1.82) is 10.7 Å². The molecule has 87 heavy (non-hydrogen) atoms. The number of amides is 1. The molecule has 6 N–H and O–H groups in total. The van der Waals surface area contributed by atoms with Crippen LogP contribution in [0, 0.1) is 16.7 Å². The molecular formula is C69H68N12O6. The van der Waals surface area contributed by atoms with Crippen LogP contribution in [0.15, 0.2) is 186 Å². The minimum absolute atomic E-state index is 0.0373. The maximum Gasteiger partial charge on any atom is 0.345 e. The van der Waals surface area contributed by atoms with E-state index in [1.54, 1.807) is 30.6 Å². The third kappa shape index (κ3) is 15.0. The Kier molecular flexibility index (Phi) is 20.7. The number of nitrogens with two attached hydrogens (primary N) is 1. The minimum Gasteiger partial charge on any atom is -0.507 e. The smallest absolute Gasteiger partial charge is 0.345 e. The summed E-state index contributed by atoms with van der Waals surface area (Å²) in [5.41, 5.74) is 15.7. The van der Waals surface area contributed by atoms with Crippen molar-refractivity contribution in [1.82, 2.24) is 39.6 Å². The molecule has 18 heteroatoms. The average molecular weight is 1160 g/mol. The second kappa shape index (κ2) is 29.5. The van der Waals surface area contributed by atoms with Crippen LogP contribution in [0.3, 0.4) is 0 Å². The molecule has 7 heterocycles. The average Bonchev–Trinajstić information content (AvgIpc) is 1.95. The standard InChI is InChI=1S/C35H31N5O4.C31H26N6O2.C2H6.CH5N/c36-34-30-19-29(24-4-2-1-3-5-24)33(38-31(30)14-17-40(34)22-42)25-8-6-23(7-9-25)20-39-15-12-28(13-16-39)37-35(44)26-10-11-32(43)27(18-26)21-41;32-19-29-33-14-10-28(36-29)34-24-11-15-37(16-12-24)20-21-6-8-23(9-7-21)30-25(22-4-2-1-3-5-22)18-26-27(35-30)13-17-39-31(26)38;2*1-2/h1-11,14,17-19,21-22,28,36,43H,12-13,15-16,20H2,(H,37,44);1-10,13-14,17-18,24H,11-12,15-16,20H2,(H,33,34,36);1-2H3;2H2,1H3. The van der Waals surface area contributed by atoms with Gasteiger partial charge in [-0.15, -0.1) is 0 Å². The van der Waals surface area contributed by atoms with E-state index in [4.69, 9.17) is 25.1 Å². The highest BCUT2D eigenvalue weighted by molar-refractivity contribution is 5.97. The van der Waals surface area contributed by atoms with Crippen molar-refractivity contribution in [2.45, 2.75) is 64.7 Å². The van der Waals surface area contributed by atoms with Gasteiger partial charge in [-0.2, -0.15) is 5.26 Å². The quantitative estimate of drug-likeness (QED) is 0.0634. The number of carbonyl (C=O) groups excluding carboxylic acids is 3. The Hall–Kier alpha value is -10.3. The number of hydrogen-bond donors (Lipinski definition) is 5. The first-order valence-electron chi connectivity index (χ1n) is 29.0. The van der Waals surface area contributed by atoms with Crippen LogP contribution in [0.4, 0.5) is 5.82 Å². The summed E-state index contributed by atoms with van der Waals surface area (Å²) in [5, 5.41) is 34.8. The number of rotatable bonds is 14. The van der Waals surface area contributed by atoms with Crippen LogP contribution in [-0.2, 0) is 17.9 Å². The van der Waals surface area contributed by atoms with E-state index in [1.165, 1.54) is 47.2 Å². The molecule has 5 aromatic heterocycles. The number of fused-ring (bicyclic) bond motifs is 2. The van der Waals surface area contributed by atoms with Gasteiger partial charge in [-0.05, 0) is 104 Å². The lowest BCUT2D eigenvalue weighted by Gasteiger charge is -2.32. The molecule has 0 atom stereocenters. The van der Waals surface area contributed by atoms with Gasteiger partial charge in [-0.25, -0.2) is 24.7 Å². The number of hydrogen-bond acceptors (Lipinski definition) is 16. The zero-order valence-electron chi connectivity index (χ0n) is 48.8. The summed E-state index contributed by atoms with van der Waals surface area (Å²) in [6, 6.07) is 52.6. The van der Waals surface area contributed by atoms with Gasteiger partial charge in [-0.1, -0.05) is 123 Å². The van der Waals surface area contributed by atoms with Gasteiger partial charge in [0.15, 0.2) is 6.29 Å². The Labute approximate surface area is 504 Å². The van der Waals surface area contributed by atoms with E-state index < -0.39 is 0 Å². The second-order valence-corrected chi connectivity index (χ2v) is 20.6. The van der Waals surface area contributed by atoms with E-state index in [0.717, 1.165) is 110 Å². The lowest BCUT2D eigenvalue weighted by molar-refractivity contribution is 0.0909. The zero-order valence-corrected chi connectivity index (χ0v) is 48.8. The summed E-state index contributed by atoms with van der Waals surface area (Å²) in [6.45, 7) is 9.28. The first kappa shape index (κ1) is 61.2. The summed E-state index contributed by atoms with van der Waals surface area (Å²) < 4.78 is 6.33. The molecule has 5 aromatic carbocycles. The van der Waals surface area contributed by atoms with E-state index >= 15 is 0 Å². The maximum atomic E-state index is 12.7. The molecule has 2 aliphatic heterocycles. The summed E-state index contributed by atoms with van der Waals surface area (Å²) in [5.74, 6) is 0.496. The Morgan fingerprint density at radius 3 is 1.77 bits per heavy atom. The van der Waals surface area contributed by atoms with Crippen LogP contribution in [0.1, 0.15) is 77.2 Å². The van der Waals surface area contributed by atoms with E-state index in [0.29, 0.717) is 51.9 Å². The van der Waals surface area contributed by atoms with E-state index in [-0.39, 0.29) is 40.2 Å². The van der Waals surface area contributed by atoms with Crippen molar-refractivity contribution < 1.29 is 23.9 Å². The molecule has 0 spiro atoms. The van der Waals surface area contributed by atoms with Crippen LogP contribution in [-0.4, -0.2) is 103 Å². The Morgan fingerprint density at radius 2 is 1.23 bits per heavy atom. The van der Waals surface area contributed by atoms with Crippen molar-refractivity contribution in [2.24, 2.45) is 5.73 Å². The van der Waals surface area contributed by atoms with Gasteiger partial charge < -0.3 is 25.9 Å². The molecule has 0 aliphatic carbocycles. The number of pyridine rings is 3. The minimum atomic E-state index is -0.387. The van der Waals surface area contributed by atoms with Crippen LogP contribution in [0.2, 0.25) is 0 Å². The highest BCUT2D eigenvalue weighted by Crippen LogP contribution is 2.35. The Morgan fingerprint density at radius 1 is 0.690 bits per heavy atom. The van der Waals surface area contributed by atoms with Gasteiger partial charge in [0.1, 0.15) is 23.1 Å². The van der Waals surface area contributed by atoms with E-state index in [9.17, 15) is 24.3 Å². The molecule has 2 saturated heterocycles. The number of likely N-dealkylation sites (tertiary alicyclic amines) is 2. The lowest BCUT2D eigenvalue weighted by Crippen LogP contribution is -2.44. The molecule has 0 radical (unpaired) electrons. The number of piperidine rings is 2. The van der Waals surface area contributed by atoms with E-state index in [1.807, 2.05) is 92.7 Å². The molecule has 440 valence electrons. The Balaban J connectivity index is 0.000000198. The molecule has 0 saturated carbocycles. The number of benzene rings is 5. The number of carbonyl (C=O) groups is 3. The van der Waals surface area contributed by atoms with Crippen LogP contribution in [0.25, 0.3) is 66.6 Å². The molecule has 0 unspecified atom stereocenters. The largest absolute Gasteiger partial charge is 0.507 e. The van der Waals surface area contributed by atoms with Gasteiger partial charge in [-0.3, -0.25) is 34.2 Å². The molecule has 1 amide bonds. The fourth-order valence-electron chi connectivity index (χ4n) is 10.7. The van der Waals surface area contributed by atoms with E-state index in [2.05, 4.69) is 84.7 Å². The lowest BCUT2D eigenvalue weighted by atomic mass is 9.97.